The summed E-state index contributed by atoms with van der Waals surface area (Å²) in [6.45, 7) is 11.5. The lowest BCUT2D eigenvalue weighted by molar-refractivity contribution is 0.409. The van der Waals surface area contributed by atoms with Crippen LogP contribution in [0.4, 0.5) is 0 Å². The van der Waals surface area contributed by atoms with E-state index >= 15 is 0 Å². The Bertz CT molecular complexity index is 413. The summed E-state index contributed by atoms with van der Waals surface area (Å²) < 4.78 is 5.38. The van der Waals surface area contributed by atoms with Crippen LogP contribution in [0.3, 0.4) is 0 Å². The zero-order valence-electron chi connectivity index (χ0n) is 13.0. The summed E-state index contributed by atoms with van der Waals surface area (Å²) in [6.07, 6.45) is 1.02. The normalized spacial score (nSPS) is 11.7. The molecule has 0 aromatic heterocycles. The van der Waals surface area contributed by atoms with Gasteiger partial charge >= 0.3 is 0 Å². The molecule has 0 bridgehead atoms. The zero-order chi connectivity index (χ0) is 14.5. The number of rotatable bonds is 7. The first-order valence-corrected chi connectivity index (χ1v) is 6.99. The molecule has 19 heavy (non-hydrogen) atoms. The second-order valence-electron chi connectivity index (χ2n) is 5.77. The number of hydrogen-bond donors (Lipinski definition) is 2. The molecule has 0 spiro atoms. The van der Waals surface area contributed by atoms with Crippen LogP contribution in [0.2, 0.25) is 0 Å². The Balaban J connectivity index is 2.86. The van der Waals surface area contributed by atoms with Crippen LogP contribution >= 0.6 is 0 Å². The number of hydrogen-bond acceptors (Lipinski definition) is 3. The highest BCUT2D eigenvalue weighted by molar-refractivity contribution is 5.46. The van der Waals surface area contributed by atoms with E-state index < -0.39 is 0 Å². The average Bonchev–Trinajstić information content (AvgIpc) is 2.37. The molecule has 1 rings (SSSR count). The Morgan fingerprint density at radius 3 is 2.47 bits per heavy atom. The van der Waals surface area contributed by atoms with Crippen molar-refractivity contribution in [2.75, 3.05) is 26.7 Å². The van der Waals surface area contributed by atoms with Crippen molar-refractivity contribution < 1.29 is 4.74 Å². The van der Waals surface area contributed by atoms with Crippen LogP contribution in [0.1, 0.15) is 37.0 Å². The smallest absolute Gasteiger partial charge is 0.122 e. The van der Waals surface area contributed by atoms with Crippen molar-refractivity contribution in [3.05, 3.63) is 28.8 Å². The fourth-order valence-electron chi connectivity index (χ4n) is 2.47. The van der Waals surface area contributed by atoms with Crippen molar-refractivity contribution in [3.8, 4) is 5.75 Å². The second kappa shape index (κ2) is 6.92. The van der Waals surface area contributed by atoms with Gasteiger partial charge in [0, 0.05) is 12.0 Å². The molecule has 3 nitrogen and oxygen atoms in total. The third kappa shape index (κ3) is 3.95. The lowest BCUT2D eigenvalue weighted by atomic mass is 9.80. The maximum atomic E-state index is 5.51. The summed E-state index contributed by atoms with van der Waals surface area (Å²) in [4.78, 5) is 0. The lowest BCUT2D eigenvalue weighted by Gasteiger charge is -2.29. The molecular weight excluding hydrogens is 236 g/mol. The van der Waals surface area contributed by atoms with Gasteiger partial charge in [0.15, 0.2) is 0 Å². The van der Waals surface area contributed by atoms with Crippen molar-refractivity contribution in [1.82, 2.24) is 5.32 Å². The first-order chi connectivity index (χ1) is 8.94. The number of nitrogens with one attached hydrogen (secondary N) is 1. The molecule has 0 saturated heterocycles. The predicted molar refractivity (Wildman–Crippen MR) is 82.0 cm³/mol. The van der Waals surface area contributed by atoms with Crippen molar-refractivity contribution in [2.24, 2.45) is 5.73 Å². The maximum absolute atomic E-state index is 5.51. The number of ether oxygens (including phenoxy) is 1. The topological polar surface area (TPSA) is 47.3 Å². The average molecular weight is 264 g/mol. The number of methoxy groups -OCH3 is 1. The third-order valence-corrected chi connectivity index (χ3v) is 3.81. The zero-order valence-corrected chi connectivity index (χ0v) is 13.0. The standard InChI is InChI=1S/C16H28N2O/c1-12-13(2)15(19-5)8-7-14(12)16(3,4)11-18-10-6-9-17/h7-8,18H,6,9-11,17H2,1-5H3. The molecule has 108 valence electrons. The van der Waals surface area contributed by atoms with E-state index in [4.69, 9.17) is 10.5 Å². The predicted octanol–water partition coefficient (Wildman–Crippen LogP) is 2.53. The first-order valence-electron chi connectivity index (χ1n) is 6.99. The van der Waals surface area contributed by atoms with Crippen LogP contribution < -0.4 is 15.8 Å². The van der Waals surface area contributed by atoms with E-state index in [0.717, 1.165) is 31.8 Å². The highest BCUT2D eigenvalue weighted by Crippen LogP contribution is 2.31. The van der Waals surface area contributed by atoms with E-state index in [-0.39, 0.29) is 5.41 Å². The fraction of sp³-hybridized carbons (Fsp3) is 0.625. The molecule has 0 heterocycles. The summed E-state index contributed by atoms with van der Waals surface area (Å²) in [6, 6.07) is 4.26. The van der Waals surface area contributed by atoms with Crippen LogP contribution in [0.5, 0.6) is 5.75 Å². The third-order valence-electron chi connectivity index (χ3n) is 3.81. The summed E-state index contributed by atoms with van der Waals surface area (Å²) in [5.74, 6) is 0.966. The summed E-state index contributed by atoms with van der Waals surface area (Å²) in [5, 5.41) is 3.49. The maximum Gasteiger partial charge on any atom is 0.122 e. The van der Waals surface area contributed by atoms with Crippen molar-refractivity contribution in [3.63, 3.8) is 0 Å². The minimum Gasteiger partial charge on any atom is -0.496 e. The molecule has 1 aromatic rings. The highest BCUT2D eigenvalue weighted by atomic mass is 16.5. The van der Waals surface area contributed by atoms with Gasteiger partial charge in [0.05, 0.1) is 7.11 Å². The summed E-state index contributed by atoms with van der Waals surface area (Å²) in [5.41, 5.74) is 9.55. The summed E-state index contributed by atoms with van der Waals surface area (Å²) >= 11 is 0. The van der Waals surface area contributed by atoms with Crippen molar-refractivity contribution in [2.45, 2.75) is 39.5 Å². The molecule has 0 atom stereocenters. The van der Waals surface area contributed by atoms with Crippen LogP contribution in [-0.4, -0.2) is 26.7 Å². The molecule has 0 aliphatic carbocycles. The van der Waals surface area contributed by atoms with E-state index in [0.29, 0.717) is 0 Å². The number of nitrogens with two attached hydrogens (primary N) is 1. The van der Waals surface area contributed by atoms with Gasteiger partial charge in [0.1, 0.15) is 5.75 Å². The molecule has 0 amide bonds. The largest absolute Gasteiger partial charge is 0.496 e. The van der Waals surface area contributed by atoms with Gasteiger partial charge in [-0.15, -0.1) is 0 Å². The molecule has 0 aliphatic heterocycles. The molecule has 0 fully saturated rings. The van der Waals surface area contributed by atoms with Crippen LogP contribution in [-0.2, 0) is 5.41 Å². The molecule has 0 aliphatic rings. The Kier molecular flexibility index (Phi) is 5.83. The quantitative estimate of drug-likeness (QED) is 0.744. The Morgan fingerprint density at radius 1 is 1.21 bits per heavy atom. The van der Waals surface area contributed by atoms with E-state index in [1.54, 1.807) is 7.11 Å². The van der Waals surface area contributed by atoms with E-state index in [1.807, 2.05) is 0 Å². The Hall–Kier alpha value is -1.06. The van der Waals surface area contributed by atoms with E-state index in [9.17, 15) is 0 Å². The second-order valence-corrected chi connectivity index (χ2v) is 5.77. The van der Waals surface area contributed by atoms with Gasteiger partial charge in [-0.3, -0.25) is 0 Å². The molecule has 0 unspecified atom stereocenters. The van der Waals surface area contributed by atoms with Crippen molar-refractivity contribution in [1.29, 1.82) is 0 Å². The van der Waals surface area contributed by atoms with Crippen LogP contribution in [0.15, 0.2) is 12.1 Å². The van der Waals surface area contributed by atoms with Crippen LogP contribution in [0.25, 0.3) is 0 Å². The number of benzene rings is 1. The molecule has 1 aromatic carbocycles. The summed E-state index contributed by atoms with van der Waals surface area (Å²) in [7, 11) is 1.72. The minimum atomic E-state index is 0.107. The molecule has 3 N–H and O–H groups in total. The SMILES string of the molecule is COc1ccc(C(C)(C)CNCCCN)c(C)c1C. The van der Waals surface area contributed by atoms with Gasteiger partial charge in [0.2, 0.25) is 0 Å². The Morgan fingerprint density at radius 2 is 1.89 bits per heavy atom. The molecular formula is C16H28N2O. The molecule has 0 saturated carbocycles. The monoisotopic (exact) mass is 264 g/mol. The van der Waals surface area contributed by atoms with Gasteiger partial charge in [0.25, 0.3) is 0 Å². The van der Waals surface area contributed by atoms with Gasteiger partial charge < -0.3 is 15.8 Å². The Labute approximate surface area is 117 Å². The minimum absolute atomic E-state index is 0.107. The molecule has 0 radical (unpaired) electrons. The fourth-order valence-corrected chi connectivity index (χ4v) is 2.47. The lowest BCUT2D eigenvalue weighted by Crippen LogP contribution is -2.34. The first kappa shape index (κ1) is 16.0. The molecule has 3 heteroatoms. The van der Waals surface area contributed by atoms with Gasteiger partial charge in [-0.05, 0) is 56.1 Å². The van der Waals surface area contributed by atoms with Gasteiger partial charge in [-0.2, -0.15) is 0 Å². The van der Waals surface area contributed by atoms with E-state index in [1.165, 1.54) is 16.7 Å². The van der Waals surface area contributed by atoms with E-state index in [2.05, 4.69) is 45.1 Å². The van der Waals surface area contributed by atoms with Crippen LogP contribution in [0, 0.1) is 13.8 Å². The highest BCUT2D eigenvalue weighted by Gasteiger charge is 2.23. The van der Waals surface area contributed by atoms with Gasteiger partial charge in [-0.25, -0.2) is 0 Å². The van der Waals surface area contributed by atoms with Crippen molar-refractivity contribution >= 4 is 0 Å². The van der Waals surface area contributed by atoms with Gasteiger partial charge in [-0.1, -0.05) is 19.9 Å².